The lowest BCUT2D eigenvalue weighted by atomic mass is 9.75. The van der Waals surface area contributed by atoms with Crippen LogP contribution in [0.15, 0.2) is 24.3 Å². The van der Waals surface area contributed by atoms with Crippen molar-refractivity contribution in [2.75, 3.05) is 13.1 Å². The lowest BCUT2D eigenvalue weighted by molar-refractivity contribution is 0.0510. The van der Waals surface area contributed by atoms with Gasteiger partial charge in [0.15, 0.2) is 0 Å². The fraction of sp³-hybridized carbons (Fsp3) is 0.526. The predicted molar refractivity (Wildman–Crippen MR) is 97.1 cm³/mol. The van der Waals surface area contributed by atoms with E-state index in [2.05, 4.69) is 10.1 Å². The molecule has 2 fully saturated rings. The zero-order valence-corrected chi connectivity index (χ0v) is 15.2. The highest BCUT2D eigenvalue weighted by molar-refractivity contribution is 6.30. The molecule has 1 aromatic carbocycles. The molecule has 6 heteroatoms. The second-order valence-corrected chi connectivity index (χ2v) is 7.65. The highest BCUT2D eigenvalue weighted by Crippen LogP contribution is 2.36. The highest BCUT2D eigenvalue weighted by Gasteiger charge is 2.34. The van der Waals surface area contributed by atoms with E-state index in [-0.39, 0.29) is 5.91 Å². The maximum Gasteiger partial charge on any atom is 0.293 e. The van der Waals surface area contributed by atoms with Crippen LogP contribution in [0, 0.1) is 18.8 Å². The number of rotatable bonds is 2. The maximum atomic E-state index is 12.9. The van der Waals surface area contributed by atoms with Crippen LogP contribution in [0.3, 0.4) is 0 Å². The van der Waals surface area contributed by atoms with Crippen LogP contribution in [0.5, 0.6) is 0 Å². The minimum absolute atomic E-state index is 0.0418. The minimum atomic E-state index is -0.0418. The lowest BCUT2D eigenvalue weighted by Crippen LogP contribution is -2.45. The van der Waals surface area contributed by atoms with E-state index in [1.54, 1.807) is 4.68 Å². The topological polar surface area (TPSA) is 51.0 Å². The summed E-state index contributed by atoms with van der Waals surface area (Å²) < 4.78 is 1.71. The summed E-state index contributed by atoms with van der Waals surface area (Å²) in [5.41, 5.74) is 0.861. The van der Waals surface area contributed by atoms with Crippen LogP contribution >= 0.6 is 11.6 Å². The molecule has 1 aromatic heterocycles. The number of aromatic nitrogens is 3. The number of fused-ring (bicyclic) bond motifs is 1. The monoisotopic (exact) mass is 358 g/mol. The molecular formula is C19H23ClN4O. The zero-order chi connectivity index (χ0) is 17.4. The van der Waals surface area contributed by atoms with Gasteiger partial charge in [-0.3, -0.25) is 4.79 Å². The fourth-order valence-corrected chi connectivity index (χ4v) is 4.36. The zero-order valence-electron chi connectivity index (χ0n) is 14.5. The van der Waals surface area contributed by atoms with E-state index in [4.69, 9.17) is 11.6 Å². The summed E-state index contributed by atoms with van der Waals surface area (Å²) in [6.45, 7) is 3.55. The van der Waals surface area contributed by atoms with Gasteiger partial charge in [-0.05, 0) is 55.9 Å². The Labute approximate surface area is 153 Å². The molecule has 1 saturated carbocycles. The Balaban J connectivity index is 1.53. The van der Waals surface area contributed by atoms with Gasteiger partial charge in [0.25, 0.3) is 5.91 Å². The highest BCUT2D eigenvalue weighted by atomic mass is 35.5. The Morgan fingerprint density at radius 2 is 1.84 bits per heavy atom. The van der Waals surface area contributed by atoms with E-state index in [0.717, 1.165) is 31.1 Å². The molecule has 1 amide bonds. The Morgan fingerprint density at radius 3 is 2.60 bits per heavy atom. The van der Waals surface area contributed by atoms with Crippen LogP contribution in [-0.4, -0.2) is 38.7 Å². The van der Waals surface area contributed by atoms with Gasteiger partial charge in [-0.15, -0.1) is 5.10 Å². The summed E-state index contributed by atoms with van der Waals surface area (Å²) in [7, 11) is 0. The molecule has 2 heterocycles. The molecule has 2 aliphatic rings. The third-order valence-corrected chi connectivity index (χ3v) is 5.86. The minimum Gasteiger partial charge on any atom is -0.336 e. The van der Waals surface area contributed by atoms with Crippen LogP contribution < -0.4 is 0 Å². The summed E-state index contributed by atoms with van der Waals surface area (Å²) in [4.78, 5) is 19.3. The predicted octanol–water partition coefficient (Wildman–Crippen LogP) is 3.88. The van der Waals surface area contributed by atoms with Gasteiger partial charge >= 0.3 is 0 Å². The Kier molecular flexibility index (Phi) is 4.50. The normalized spacial score (nSPS) is 23.4. The molecule has 5 nitrogen and oxygen atoms in total. The van der Waals surface area contributed by atoms with E-state index in [9.17, 15) is 4.79 Å². The molecule has 1 saturated heterocycles. The standard InChI is InChI=1S/C19H23ClN4O/c1-13-21-18(22-24(13)17-8-6-16(20)7-9-17)19(25)23-11-10-14-4-2-3-5-15(14)12-23/h6-9,14-15H,2-5,10-12H2,1H3/t14-,15+/m1/s1. The Hall–Kier alpha value is -1.88. The number of amides is 1. The number of carbonyl (C=O) groups is 1. The number of halogens is 1. The number of hydrogen-bond donors (Lipinski definition) is 0. The average molecular weight is 359 g/mol. The first-order chi connectivity index (χ1) is 12.1. The van der Waals surface area contributed by atoms with Crippen LogP contribution in [0.4, 0.5) is 0 Å². The molecule has 2 aromatic rings. The third-order valence-electron chi connectivity index (χ3n) is 5.61. The van der Waals surface area contributed by atoms with Gasteiger partial charge in [0.2, 0.25) is 5.82 Å². The SMILES string of the molecule is Cc1nc(C(=O)N2CC[C@H]3CCCC[C@H]3C2)nn1-c1ccc(Cl)cc1. The smallest absolute Gasteiger partial charge is 0.293 e. The second kappa shape index (κ2) is 6.79. The van der Waals surface area contributed by atoms with E-state index < -0.39 is 0 Å². The first-order valence-electron chi connectivity index (χ1n) is 9.10. The molecule has 132 valence electrons. The van der Waals surface area contributed by atoms with Crippen molar-refractivity contribution in [2.24, 2.45) is 11.8 Å². The van der Waals surface area contributed by atoms with Crippen molar-refractivity contribution < 1.29 is 4.79 Å². The summed E-state index contributed by atoms with van der Waals surface area (Å²) in [5.74, 6) is 2.42. The summed E-state index contributed by atoms with van der Waals surface area (Å²) in [5, 5.41) is 5.13. The van der Waals surface area contributed by atoms with E-state index in [1.165, 1.54) is 25.7 Å². The van der Waals surface area contributed by atoms with Gasteiger partial charge in [-0.2, -0.15) is 0 Å². The molecule has 4 rings (SSSR count). The number of hydrogen-bond acceptors (Lipinski definition) is 3. The van der Waals surface area contributed by atoms with Crippen molar-refractivity contribution in [3.05, 3.63) is 40.9 Å². The van der Waals surface area contributed by atoms with Gasteiger partial charge in [0.1, 0.15) is 5.82 Å². The number of nitrogens with zero attached hydrogens (tertiary/aromatic N) is 4. The molecule has 0 spiro atoms. The van der Waals surface area contributed by atoms with Gasteiger partial charge in [-0.25, -0.2) is 9.67 Å². The number of likely N-dealkylation sites (tertiary alicyclic amines) is 1. The molecule has 0 N–H and O–H groups in total. The Bertz CT molecular complexity index is 770. The van der Waals surface area contributed by atoms with Crippen LogP contribution in [-0.2, 0) is 0 Å². The number of benzene rings is 1. The van der Waals surface area contributed by atoms with Crippen molar-refractivity contribution in [3.63, 3.8) is 0 Å². The second-order valence-electron chi connectivity index (χ2n) is 7.22. The third kappa shape index (κ3) is 3.30. The molecule has 0 bridgehead atoms. The van der Waals surface area contributed by atoms with E-state index >= 15 is 0 Å². The average Bonchev–Trinajstić information content (AvgIpc) is 3.03. The summed E-state index contributed by atoms with van der Waals surface area (Å²) in [6.07, 6.45) is 6.34. The molecule has 0 unspecified atom stereocenters. The largest absolute Gasteiger partial charge is 0.336 e. The number of carbonyl (C=O) groups excluding carboxylic acids is 1. The van der Waals surface area contributed by atoms with Crippen LogP contribution in [0.1, 0.15) is 48.5 Å². The summed E-state index contributed by atoms with van der Waals surface area (Å²) >= 11 is 5.95. The van der Waals surface area contributed by atoms with Gasteiger partial charge in [0, 0.05) is 18.1 Å². The molecule has 0 radical (unpaired) electrons. The number of aryl methyl sites for hydroxylation is 1. The maximum absolute atomic E-state index is 12.9. The first kappa shape index (κ1) is 16.6. The van der Waals surface area contributed by atoms with Crippen molar-refractivity contribution in [2.45, 2.75) is 39.0 Å². The molecule has 1 aliphatic carbocycles. The molecular weight excluding hydrogens is 336 g/mol. The summed E-state index contributed by atoms with van der Waals surface area (Å²) in [6, 6.07) is 7.39. The Morgan fingerprint density at radius 1 is 1.12 bits per heavy atom. The van der Waals surface area contributed by atoms with E-state index in [1.807, 2.05) is 36.1 Å². The van der Waals surface area contributed by atoms with Crippen molar-refractivity contribution >= 4 is 17.5 Å². The lowest BCUT2D eigenvalue weighted by Gasteiger charge is -2.40. The van der Waals surface area contributed by atoms with Gasteiger partial charge in [-0.1, -0.05) is 30.9 Å². The molecule has 25 heavy (non-hydrogen) atoms. The molecule has 1 aliphatic heterocycles. The van der Waals surface area contributed by atoms with Crippen LogP contribution in [0.25, 0.3) is 5.69 Å². The fourth-order valence-electron chi connectivity index (χ4n) is 4.23. The number of piperidine rings is 1. The van der Waals surface area contributed by atoms with Gasteiger partial charge < -0.3 is 4.90 Å². The van der Waals surface area contributed by atoms with E-state index in [0.29, 0.717) is 22.6 Å². The van der Waals surface area contributed by atoms with Crippen molar-refractivity contribution in [3.8, 4) is 5.69 Å². The van der Waals surface area contributed by atoms with Crippen molar-refractivity contribution in [1.29, 1.82) is 0 Å². The quantitative estimate of drug-likeness (QED) is 0.818. The molecule has 2 atom stereocenters. The van der Waals surface area contributed by atoms with Gasteiger partial charge in [0.05, 0.1) is 5.69 Å². The van der Waals surface area contributed by atoms with Crippen molar-refractivity contribution in [1.82, 2.24) is 19.7 Å². The van der Waals surface area contributed by atoms with Crippen LogP contribution in [0.2, 0.25) is 5.02 Å². The first-order valence-corrected chi connectivity index (χ1v) is 9.48.